The van der Waals surface area contributed by atoms with Crippen LogP contribution in [0.1, 0.15) is 63.0 Å². The Morgan fingerprint density at radius 3 is 2.75 bits per heavy atom. The van der Waals surface area contributed by atoms with Crippen molar-refractivity contribution in [3.05, 3.63) is 56.8 Å². The van der Waals surface area contributed by atoms with Crippen LogP contribution >= 0.6 is 11.3 Å². The van der Waals surface area contributed by atoms with Crippen molar-refractivity contribution in [2.45, 2.75) is 52.0 Å². The van der Waals surface area contributed by atoms with Crippen LogP contribution in [-0.2, 0) is 11.2 Å². The third-order valence-electron chi connectivity index (χ3n) is 4.63. The molecule has 1 aliphatic carbocycles. The summed E-state index contributed by atoms with van der Waals surface area (Å²) in [6.07, 6.45) is 3.68. The second kappa shape index (κ2) is 7.31. The number of aryl methyl sites for hydroxylation is 3. The topological polar surface area (TPSA) is 46.2 Å². The van der Waals surface area contributed by atoms with Crippen molar-refractivity contribution < 1.29 is 9.59 Å². The van der Waals surface area contributed by atoms with Gasteiger partial charge < -0.3 is 5.32 Å². The molecule has 2 aromatic rings. The Hall–Kier alpha value is -1.94. The number of benzene rings is 1. The van der Waals surface area contributed by atoms with Crippen molar-refractivity contribution >= 4 is 23.0 Å². The van der Waals surface area contributed by atoms with Gasteiger partial charge >= 0.3 is 0 Å². The number of ketones is 1. The van der Waals surface area contributed by atoms with Gasteiger partial charge in [-0.2, -0.15) is 0 Å². The average Bonchev–Trinajstić information content (AvgIpc) is 2.91. The highest BCUT2D eigenvalue weighted by molar-refractivity contribution is 7.12. The minimum atomic E-state index is -0.0327. The minimum Gasteiger partial charge on any atom is -0.349 e. The number of thiophene rings is 1. The van der Waals surface area contributed by atoms with Crippen molar-refractivity contribution in [1.82, 2.24) is 5.32 Å². The summed E-state index contributed by atoms with van der Waals surface area (Å²) in [5.74, 6) is 0.0331. The van der Waals surface area contributed by atoms with Gasteiger partial charge in [-0.25, -0.2) is 0 Å². The van der Waals surface area contributed by atoms with E-state index in [4.69, 9.17) is 0 Å². The predicted molar refractivity (Wildman–Crippen MR) is 97.6 cm³/mol. The maximum Gasteiger partial charge on any atom is 0.220 e. The molecule has 0 unspecified atom stereocenters. The molecule has 126 valence electrons. The van der Waals surface area contributed by atoms with Crippen LogP contribution in [-0.4, -0.2) is 11.7 Å². The van der Waals surface area contributed by atoms with Gasteiger partial charge in [0.2, 0.25) is 5.91 Å². The molecule has 3 nitrogen and oxygen atoms in total. The van der Waals surface area contributed by atoms with Crippen LogP contribution in [0.4, 0.5) is 0 Å². The van der Waals surface area contributed by atoms with Crippen LogP contribution < -0.4 is 5.32 Å². The fraction of sp³-hybridized carbons (Fsp3) is 0.400. The first kappa shape index (κ1) is 16.9. The van der Waals surface area contributed by atoms with Crippen LogP contribution in [0.5, 0.6) is 0 Å². The summed E-state index contributed by atoms with van der Waals surface area (Å²) in [6, 6.07) is 10.3. The molecule has 24 heavy (non-hydrogen) atoms. The van der Waals surface area contributed by atoms with Gasteiger partial charge in [-0.3, -0.25) is 9.59 Å². The van der Waals surface area contributed by atoms with Gasteiger partial charge in [-0.1, -0.05) is 24.3 Å². The smallest absolute Gasteiger partial charge is 0.220 e. The lowest BCUT2D eigenvalue weighted by Gasteiger charge is -2.26. The largest absolute Gasteiger partial charge is 0.349 e. The van der Waals surface area contributed by atoms with Crippen molar-refractivity contribution in [2.75, 3.05) is 0 Å². The molecule has 1 heterocycles. The Morgan fingerprint density at radius 2 is 2.00 bits per heavy atom. The molecular weight excluding hydrogens is 318 g/mol. The van der Waals surface area contributed by atoms with E-state index >= 15 is 0 Å². The summed E-state index contributed by atoms with van der Waals surface area (Å²) < 4.78 is 0. The van der Waals surface area contributed by atoms with Crippen LogP contribution in [0.2, 0.25) is 0 Å². The zero-order valence-electron chi connectivity index (χ0n) is 14.2. The molecule has 4 heteroatoms. The predicted octanol–water partition coefficient (Wildman–Crippen LogP) is 4.52. The number of amides is 1. The molecule has 0 fully saturated rings. The highest BCUT2D eigenvalue weighted by atomic mass is 32.1. The second-order valence-corrected chi connectivity index (χ2v) is 7.92. The molecule has 0 saturated carbocycles. The summed E-state index contributed by atoms with van der Waals surface area (Å²) in [5.41, 5.74) is 3.33. The molecule has 0 bridgehead atoms. The van der Waals surface area contributed by atoms with Crippen molar-refractivity contribution in [2.24, 2.45) is 0 Å². The Kier molecular flexibility index (Phi) is 5.14. The number of Topliss-reactive ketones (excluding diaryl/α,β-unsaturated/α-hetero) is 1. The summed E-state index contributed by atoms with van der Waals surface area (Å²) >= 11 is 1.63. The fourth-order valence-corrected chi connectivity index (χ4v) is 4.38. The van der Waals surface area contributed by atoms with E-state index in [-0.39, 0.29) is 30.6 Å². The quantitative estimate of drug-likeness (QED) is 0.813. The number of carbonyl (C=O) groups is 2. The van der Waals surface area contributed by atoms with Crippen LogP contribution in [0.3, 0.4) is 0 Å². The van der Waals surface area contributed by atoms with Crippen LogP contribution in [0, 0.1) is 13.8 Å². The number of rotatable bonds is 5. The van der Waals surface area contributed by atoms with E-state index in [0.29, 0.717) is 0 Å². The molecule has 3 rings (SSSR count). The Morgan fingerprint density at radius 1 is 1.21 bits per heavy atom. The normalized spacial score (nSPS) is 16.5. The molecule has 1 atom stereocenters. The van der Waals surface area contributed by atoms with Crippen molar-refractivity contribution in [3.63, 3.8) is 0 Å². The fourth-order valence-electron chi connectivity index (χ4n) is 3.44. The van der Waals surface area contributed by atoms with Crippen molar-refractivity contribution in [3.8, 4) is 0 Å². The number of nitrogens with one attached hydrogen (secondary N) is 1. The van der Waals surface area contributed by atoms with Gasteiger partial charge in [0, 0.05) is 28.2 Å². The number of carbonyl (C=O) groups excluding carboxylic acids is 2. The SMILES string of the molecule is Cc1cc(C(=O)CCC(=O)N[C@@H]2CCCc3ccccc32)c(C)s1. The van der Waals surface area contributed by atoms with E-state index in [1.807, 2.05) is 32.0 Å². The first-order valence-corrected chi connectivity index (χ1v) is 9.33. The van der Waals surface area contributed by atoms with E-state index < -0.39 is 0 Å². The summed E-state index contributed by atoms with van der Waals surface area (Å²) in [5, 5.41) is 3.11. The zero-order valence-corrected chi connectivity index (χ0v) is 15.0. The first-order valence-electron chi connectivity index (χ1n) is 8.52. The summed E-state index contributed by atoms with van der Waals surface area (Å²) in [7, 11) is 0. The standard InChI is InChI=1S/C20H23NO2S/c1-13-12-17(14(2)24-13)19(22)10-11-20(23)21-18-9-5-7-15-6-3-4-8-16(15)18/h3-4,6,8,12,18H,5,7,9-11H2,1-2H3,(H,21,23)/t18-/m1/s1. The van der Waals surface area contributed by atoms with E-state index in [0.717, 1.165) is 34.6 Å². The lowest BCUT2D eigenvalue weighted by molar-refractivity contribution is -0.121. The highest BCUT2D eigenvalue weighted by Crippen LogP contribution is 2.29. The van der Waals surface area contributed by atoms with E-state index in [2.05, 4.69) is 17.4 Å². The zero-order chi connectivity index (χ0) is 17.1. The molecule has 0 aliphatic heterocycles. The lowest BCUT2D eigenvalue weighted by Crippen LogP contribution is -2.31. The van der Waals surface area contributed by atoms with Gasteiger partial charge in [0.1, 0.15) is 0 Å². The lowest BCUT2D eigenvalue weighted by atomic mass is 9.87. The summed E-state index contributed by atoms with van der Waals surface area (Å²) in [6.45, 7) is 3.96. The van der Waals surface area contributed by atoms with Gasteiger partial charge in [-0.05, 0) is 50.3 Å². The first-order chi connectivity index (χ1) is 11.5. The Balaban J connectivity index is 1.57. The minimum absolute atomic E-state index is 0.0327. The maximum absolute atomic E-state index is 12.3. The number of hydrogen-bond acceptors (Lipinski definition) is 3. The average molecular weight is 341 g/mol. The van der Waals surface area contributed by atoms with Crippen LogP contribution in [0.15, 0.2) is 30.3 Å². The molecule has 1 aromatic carbocycles. The third kappa shape index (κ3) is 3.75. The Bertz CT molecular complexity index is 763. The van der Waals surface area contributed by atoms with E-state index in [1.54, 1.807) is 11.3 Å². The summed E-state index contributed by atoms with van der Waals surface area (Å²) in [4.78, 5) is 26.8. The highest BCUT2D eigenvalue weighted by Gasteiger charge is 2.22. The van der Waals surface area contributed by atoms with Crippen molar-refractivity contribution in [1.29, 1.82) is 0 Å². The molecule has 0 saturated heterocycles. The Labute approximate surface area is 147 Å². The van der Waals surface area contributed by atoms with Crippen LogP contribution in [0.25, 0.3) is 0 Å². The van der Waals surface area contributed by atoms with Gasteiger partial charge in [0.15, 0.2) is 5.78 Å². The van der Waals surface area contributed by atoms with Gasteiger partial charge in [-0.15, -0.1) is 11.3 Å². The maximum atomic E-state index is 12.3. The second-order valence-electron chi connectivity index (χ2n) is 6.46. The molecule has 1 aromatic heterocycles. The number of fused-ring (bicyclic) bond motifs is 1. The molecule has 1 N–H and O–H groups in total. The third-order valence-corrected chi connectivity index (χ3v) is 5.59. The molecule has 1 aliphatic rings. The molecule has 0 radical (unpaired) electrons. The molecule has 1 amide bonds. The van der Waals surface area contributed by atoms with E-state index in [1.165, 1.54) is 11.1 Å². The monoisotopic (exact) mass is 341 g/mol. The van der Waals surface area contributed by atoms with Gasteiger partial charge in [0.05, 0.1) is 6.04 Å². The molecular formula is C20H23NO2S. The molecule has 0 spiro atoms. The van der Waals surface area contributed by atoms with Gasteiger partial charge in [0.25, 0.3) is 0 Å². The van der Waals surface area contributed by atoms with E-state index in [9.17, 15) is 9.59 Å². The number of hydrogen-bond donors (Lipinski definition) is 1.